The molecule has 0 saturated carbocycles. The highest BCUT2D eigenvalue weighted by atomic mass is 16.3. The molecule has 0 aliphatic heterocycles. The van der Waals surface area contributed by atoms with Gasteiger partial charge in [0, 0.05) is 6.42 Å². The van der Waals surface area contributed by atoms with E-state index in [1.807, 2.05) is 0 Å². The molecular weight excluding hydrogens is 164 g/mol. The number of rotatable bonds is 2. The summed E-state index contributed by atoms with van der Waals surface area (Å²) in [4.78, 5) is 8.43. The van der Waals surface area contributed by atoms with E-state index in [0.29, 0.717) is 17.3 Å². The average Bonchev–Trinajstić information content (AvgIpc) is 1.98. The van der Waals surface area contributed by atoms with Crippen LogP contribution in [0, 0.1) is 19.8 Å². The second-order valence-electron chi connectivity index (χ2n) is 3.76. The molecule has 0 radical (unpaired) electrons. The summed E-state index contributed by atoms with van der Waals surface area (Å²) in [5, 5.41) is 9.44. The Bertz CT molecular complexity index is 285. The monoisotopic (exact) mass is 180 g/mol. The van der Waals surface area contributed by atoms with Crippen molar-refractivity contribution in [3.8, 4) is 5.75 Å². The first-order chi connectivity index (χ1) is 6.00. The first-order valence-corrected chi connectivity index (χ1v) is 4.53. The molecule has 1 rings (SSSR count). The molecule has 0 aromatic carbocycles. The minimum absolute atomic E-state index is 0.215. The van der Waals surface area contributed by atoms with Crippen molar-refractivity contribution < 1.29 is 5.11 Å². The van der Waals surface area contributed by atoms with Crippen LogP contribution < -0.4 is 0 Å². The minimum Gasteiger partial charge on any atom is -0.504 e. The summed E-state index contributed by atoms with van der Waals surface area (Å²) in [6.07, 6.45) is 0.863. The van der Waals surface area contributed by atoms with Crippen LogP contribution in [-0.2, 0) is 6.42 Å². The molecule has 0 atom stereocenters. The maximum absolute atomic E-state index is 9.44. The summed E-state index contributed by atoms with van der Waals surface area (Å²) in [7, 11) is 0. The van der Waals surface area contributed by atoms with Crippen LogP contribution in [-0.4, -0.2) is 15.1 Å². The normalized spacial score (nSPS) is 10.8. The van der Waals surface area contributed by atoms with E-state index in [1.165, 1.54) is 0 Å². The second kappa shape index (κ2) is 3.73. The number of hydrogen-bond acceptors (Lipinski definition) is 3. The zero-order valence-corrected chi connectivity index (χ0v) is 8.63. The fraction of sp³-hybridized carbons (Fsp3) is 0.600. The van der Waals surface area contributed by atoms with Crippen LogP contribution in [0.25, 0.3) is 0 Å². The molecule has 1 heterocycles. The molecule has 0 bridgehead atoms. The summed E-state index contributed by atoms with van der Waals surface area (Å²) >= 11 is 0. The third-order valence-electron chi connectivity index (χ3n) is 1.87. The molecule has 3 nitrogen and oxygen atoms in total. The molecule has 13 heavy (non-hydrogen) atoms. The molecule has 0 aliphatic rings. The van der Waals surface area contributed by atoms with Gasteiger partial charge in [-0.3, -0.25) is 0 Å². The lowest BCUT2D eigenvalue weighted by atomic mass is 10.1. The smallest absolute Gasteiger partial charge is 0.158 e. The highest BCUT2D eigenvalue weighted by molar-refractivity contribution is 5.29. The van der Waals surface area contributed by atoms with Gasteiger partial charge in [0.05, 0.1) is 11.4 Å². The standard InChI is InChI=1S/C10H16N2O/c1-6(2)5-9-11-7(3)10(13)8(4)12-9/h6,13H,5H2,1-4H3. The Morgan fingerprint density at radius 3 is 2.00 bits per heavy atom. The van der Waals surface area contributed by atoms with E-state index in [9.17, 15) is 5.11 Å². The van der Waals surface area contributed by atoms with Crippen LogP contribution in [0.4, 0.5) is 0 Å². The molecule has 1 aromatic rings. The number of hydrogen-bond donors (Lipinski definition) is 1. The summed E-state index contributed by atoms with van der Waals surface area (Å²) in [5.41, 5.74) is 1.34. The van der Waals surface area contributed by atoms with Gasteiger partial charge in [0.25, 0.3) is 0 Å². The van der Waals surface area contributed by atoms with Crippen molar-refractivity contribution in [3.05, 3.63) is 17.2 Å². The van der Waals surface area contributed by atoms with Crippen molar-refractivity contribution in [2.45, 2.75) is 34.1 Å². The SMILES string of the molecule is Cc1nc(CC(C)C)nc(C)c1O. The Hall–Kier alpha value is -1.12. The molecule has 72 valence electrons. The minimum atomic E-state index is 0.215. The van der Waals surface area contributed by atoms with Gasteiger partial charge in [-0.1, -0.05) is 13.8 Å². The molecule has 0 fully saturated rings. The maximum Gasteiger partial charge on any atom is 0.158 e. The van der Waals surface area contributed by atoms with Crippen molar-refractivity contribution >= 4 is 0 Å². The third-order valence-corrected chi connectivity index (χ3v) is 1.87. The third kappa shape index (κ3) is 2.41. The number of aryl methyl sites for hydroxylation is 2. The zero-order chi connectivity index (χ0) is 10.0. The highest BCUT2D eigenvalue weighted by Gasteiger charge is 2.07. The van der Waals surface area contributed by atoms with Crippen LogP contribution in [0.1, 0.15) is 31.1 Å². The topological polar surface area (TPSA) is 46.0 Å². The van der Waals surface area contributed by atoms with E-state index in [0.717, 1.165) is 12.2 Å². The van der Waals surface area contributed by atoms with E-state index < -0.39 is 0 Å². The Morgan fingerprint density at radius 2 is 1.62 bits per heavy atom. The highest BCUT2D eigenvalue weighted by Crippen LogP contribution is 2.17. The van der Waals surface area contributed by atoms with Gasteiger partial charge in [-0.25, -0.2) is 9.97 Å². The van der Waals surface area contributed by atoms with Crippen molar-refractivity contribution in [1.29, 1.82) is 0 Å². The first-order valence-electron chi connectivity index (χ1n) is 4.53. The Labute approximate surface area is 78.9 Å². The molecule has 0 unspecified atom stereocenters. The van der Waals surface area contributed by atoms with Crippen molar-refractivity contribution in [2.75, 3.05) is 0 Å². The fourth-order valence-electron chi connectivity index (χ4n) is 1.24. The maximum atomic E-state index is 9.44. The van der Waals surface area contributed by atoms with E-state index in [2.05, 4.69) is 23.8 Å². The van der Waals surface area contributed by atoms with Crippen LogP contribution in [0.2, 0.25) is 0 Å². The van der Waals surface area contributed by atoms with Gasteiger partial charge in [-0.2, -0.15) is 0 Å². The molecule has 1 aromatic heterocycles. The van der Waals surface area contributed by atoms with Crippen molar-refractivity contribution in [3.63, 3.8) is 0 Å². The van der Waals surface area contributed by atoms with Gasteiger partial charge < -0.3 is 5.11 Å². The average molecular weight is 180 g/mol. The van der Waals surface area contributed by atoms with E-state index >= 15 is 0 Å². The van der Waals surface area contributed by atoms with E-state index in [1.54, 1.807) is 13.8 Å². The molecule has 1 N–H and O–H groups in total. The van der Waals surface area contributed by atoms with Crippen molar-refractivity contribution in [1.82, 2.24) is 9.97 Å². The summed E-state index contributed by atoms with van der Waals surface area (Å²) < 4.78 is 0. The van der Waals surface area contributed by atoms with Gasteiger partial charge in [-0.15, -0.1) is 0 Å². The number of aromatic hydroxyl groups is 1. The summed E-state index contributed by atoms with van der Waals surface area (Å²) in [5.74, 6) is 1.58. The molecule has 0 spiro atoms. The number of nitrogens with zero attached hydrogens (tertiary/aromatic N) is 2. The number of aromatic nitrogens is 2. The Kier molecular flexibility index (Phi) is 2.86. The van der Waals surface area contributed by atoms with Gasteiger partial charge >= 0.3 is 0 Å². The molecule has 0 amide bonds. The second-order valence-corrected chi connectivity index (χ2v) is 3.76. The molecule has 0 saturated heterocycles. The first kappa shape index (κ1) is 9.96. The van der Waals surface area contributed by atoms with E-state index in [-0.39, 0.29) is 5.75 Å². The van der Waals surface area contributed by atoms with Crippen LogP contribution >= 0.6 is 0 Å². The van der Waals surface area contributed by atoms with Crippen LogP contribution in [0.3, 0.4) is 0 Å². The quantitative estimate of drug-likeness (QED) is 0.757. The lowest BCUT2D eigenvalue weighted by Gasteiger charge is -2.07. The Morgan fingerprint density at radius 1 is 1.15 bits per heavy atom. The van der Waals surface area contributed by atoms with Crippen LogP contribution in [0.15, 0.2) is 0 Å². The van der Waals surface area contributed by atoms with Gasteiger partial charge in [0.2, 0.25) is 0 Å². The molecular formula is C10H16N2O. The lowest BCUT2D eigenvalue weighted by Crippen LogP contribution is -2.03. The lowest BCUT2D eigenvalue weighted by molar-refractivity contribution is 0.456. The van der Waals surface area contributed by atoms with Crippen molar-refractivity contribution in [2.24, 2.45) is 5.92 Å². The van der Waals surface area contributed by atoms with E-state index in [4.69, 9.17) is 0 Å². The van der Waals surface area contributed by atoms with Gasteiger partial charge in [0.1, 0.15) is 5.82 Å². The molecule has 0 aliphatic carbocycles. The predicted molar refractivity (Wildman–Crippen MR) is 51.7 cm³/mol. The fourth-order valence-corrected chi connectivity index (χ4v) is 1.24. The van der Waals surface area contributed by atoms with Crippen LogP contribution in [0.5, 0.6) is 5.75 Å². The molecule has 3 heteroatoms. The Balaban J connectivity index is 2.99. The summed E-state index contributed by atoms with van der Waals surface area (Å²) in [6, 6.07) is 0. The van der Waals surface area contributed by atoms with Gasteiger partial charge in [-0.05, 0) is 19.8 Å². The largest absolute Gasteiger partial charge is 0.504 e. The van der Waals surface area contributed by atoms with Gasteiger partial charge in [0.15, 0.2) is 5.75 Å². The summed E-state index contributed by atoms with van der Waals surface area (Å²) in [6.45, 7) is 7.85. The predicted octanol–water partition coefficient (Wildman–Crippen LogP) is 2.00. The zero-order valence-electron chi connectivity index (χ0n) is 8.63.